The molecule has 0 bridgehead atoms. The zero-order valence-electron chi connectivity index (χ0n) is 19.5. The Hall–Kier alpha value is -2.80. The number of rotatable bonds is 8. The number of hydrogen-bond donors (Lipinski definition) is 1. The largest absolute Gasteiger partial charge is 0.491 e. The Bertz CT molecular complexity index is 1250. The average molecular weight is 510 g/mol. The van der Waals surface area contributed by atoms with E-state index in [-0.39, 0.29) is 13.2 Å². The first-order valence-electron chi connectivity index (χ1n) is 10.3. The van der Waals surface area contributed by atoms with Crippen molar-refractivity contribution in [2.45, 2.75) is 32.5 Å². The van der Waals surface area contributed by atoms with Crippen LogP contribution < -0.4 is 9.64 Å². The number of carbonyl (C=O) groups is 1. The number of pyridine rings is 1. The van der Waals surface area contributed by atoms with Crippen LogP contribution in [0.25, 0.3) is 20.8 Å². The molecular formula is C22H27N3O7S2. The summed E-state index contributed by atoms with van der Waals surface area (Å²) in [5.41, 5.74) is 0.957. The second-order valence-electron chi connectivity index (χ2n) is 8.55. The number of aliphatic hydroxyl groups is 1. The number of benzene rings is 1. The van der Waals surface area contributed by atoms with Gasteiger partial charge in [0.1, 0.15) is 34.9 Å². The maximum atomic E-state index is 12.2. The Kier molecular flexibility index (Phi) is 7.76. The molecule has 0 radical (unpaired) electrons. The van der Waals surface area contributed by atoms with Gasteiger partial charge in [0.15, 0.2) is 0 Å². The number of hydrogen-bond acceptors (Lipinski definition) is 10. The summed E-state index contributed by atoms with van der Waals surface area (Å²) >= 11 is 1.44. The monoisotopic (exact) mass is 509 g/mol. The quantitative estimate of drug-likeness (QED) is 0.454. The van der Waals surface area contributed by atoms with Crippen molar-refractivity contribution in [1.29, 1.82) is 0 Å². The third-order valence-electron chi connectivity index (χ3n) is 4.28. The molecule has 34 heavy (non-hydrogen) atoms. The van der Waals surface area contributed by atoms with Crippen LogP contribution in [-0.2, 0) is 19.0 Å². The summed E-state index contributed by atoms with van der Waals surface area (Å²) in [5.74, 6) is 0.960. The summed E-state index contributed by atoms with van der Waals surface area (Å²) < 4.78 is 38.3. The Morgan fingerprint density at radius 1 is 1.21 bits per heavy atom. The summed E-state index contributed by atoms with van der Waals surface area (Å²) in [6, 6.07) is 8.85. The van der Waals surface area contributed by atoms with Crippen LogP contribution in [0.15, 0.2) is 36.5 Å². The number of amides is 1. The highest BCUT2D eigenvalue weighted by Crippen LogP contribution is 2.32. The number of ether oxygens (including phenoxy) is 2. The van der Waals surface area contributed by atoms with E-state index in [1.165, 1.54) is 16.2 Å². The molecule has 1 N–H and O–H groups in total. The van der Waals surface area contributed by atoms with Gasteiger partial charge < -0.3 is 14.6 Å². The first kappa shape index (κ1) is 25.8. The van der Waals surface area contributed by atoms with Gasteiger partial charge in [-0.2, -0.15) is 8.42 Å². The molecular weight excluding hydrogens is 482 g/mol. The molecule has 0 aliphatic carbocycles. The molecule has 2 heterocycles. The van der Waals surface area contributed by atoms with E-state index in [1.54, 1.807) is 58.3 Å². The lowest BCUT2D eigenvalue weighted by Gasteiger charge is -2.24. The number of nitrogens with zero attached hydrogens (tertiary/aromatic N) is 3. The summed E-state index contributed by atoms with van der Waals surface area (Å²) in [7, 11) is -2.03. The molecule has 1 amide bonds. The van der Waals surface area contributed by atoms with Gasteiger partial charge in [-0.05, 0) is 51.1 Å². The third kappa shape index (κ3) is 7.35. The second kappa shape index (κ2) is 10.2. The molecule has 1 aromatic carbocycles. The van der Waals surface area contributed by atoms with Crippen LogP contribution in [0.3, 0.4) is 0 Å². The van der Waals surface area contributed by atoms with Crippen molar-refractivity contribution in [2.75, 3.05) is 31.4 Å². The minimum atomic E-state index is -3.63. The zero-order valence-corrected chi connectivity index (χ0v) is 21.1. The SMILES string of the molecule is CN(C(=O)OC(C)(C)C)c1ccc(-c2nc3ccc(OC[C@H](O)COS(C)(=O)=O)cc3s2)cn1. The van der Waals surface area contributed by atoms with Crippen LogP contribution >= 0.6 is 11.3 Å². The Labute approximate surface area is 202 Å². The van der Waals surface area contributed by atoms with Gasteiger partial charge in [-0.15, -0.1) is 11.3 Å². The van der Waals surface area contributed by atoms with Crippen molar-refractivity contribution in [2.24, 2.45) is 0 Å². The van der Waals surface area contributed by atoms with Crippen LogP contribution in [-0.4, -0.2) is 67.8 Å². The maximum absolute atomic E-state index is 12.2. The molecule has 3 rings (SSSR count). The highest BCUT2D eigenvalue weighted by Gasteiger charge is 2.21. The highest BCUT2D eigenvalue weighted by atomic mass is 32.2. The smallest absolute Gasteiger partial charge is 0.415 e. The van der Waals surface area contributed by atoms with Crippen molar-refractivity contribution in [3.8, 4) is 16.3 Å². The maximum Gasteiger partial charge on any atom is 0.415 e. The normalized spacial score (nSPS) is 13.0. The Morgan fingerprint density at radius 3 is 2.56 bits per heavy atom. The lowest BCUT2D eigenvalue weighted by molar-refractivity contribution is 0.0588. The fourth-order valence-corrected chi connectivity index (χ4v) is 4.08. The van der Waals surface area contributed by atoms with E-state index in [2.05, 4.69) is 14.2 Å². The zero-order chi connectivity index (χ0) is 25.1. The Morgan fingerprint density at radius 2 is 1.94 bits per heavy atom. The standard InChI is InChI=1S/C22H27N3O7S2/c1-22(2,3)32-21(27)25(4)19-9-6-14(11-23-19)20-24-17-8-7-16(10-18(17)33-20)30-12-15(26)13-31-34(5,28)29/h6-11,15,26H,12-13H2,1-5H3/t15-/m0/s1. The van der Waals surface area contributed by atoms with E-state index in [0.717, 1.165) is 27.0 Å². The average Bonchev–Trinajstić information content (AvgIpc) is 3.17. The van der Waals surface area contributed by atoms with Crippen LogP contribution in [0.2, 0.25) is 0 Å². The molecule has 0 aliphatic rings. The van der Waals surface area contributed by atoms with E-state index in [9.17, 15) is 18.3 Å². The predicted octanol–water partition coefficient (Wildman–Crippen LogP) is 3.45. The number of thiazole rings is 1. The van der Waals surface area contributed by atoms with Crippen molar-refractivity contribution in [3.63, 3.8) is 0 Å². The molecule has 3 aromatic rings. The van der Waals surface area contributed by atoms with E-state index in [1.807, 2.05) is 6.07 Å². The lowest BCUT2D eigenvalue weighted by Crippen LogP contribution is -2.34. The van der Waals surface area contributed by atoms with Crippen molar-refractivity contribution < 1.29 is 32.0 Å². The van der Waals surface area contributed by atoms with Crippen molar-refractivity contribution in [3.05, 3.63) is 36.5 Å². The number of anilines is 1. The third-order valence-corrected chi connectivity index (χ3v) is 5.91. The van der Waals surface area contributed by atoms with Gasteiger partial charge in [0.25, 0.3) is 10.1 Å². The number of fused-ring (bicyclic) bond motifs is 1. The molecule has 10 nitrogen and oxygen atoms in total. The molecule has 0 fully saturated rings. The van der Waals surface area contributed by atoms with Gasteiger partial charge in [0.2, 0.25) is 0 Å². The molecule has 0 unspecified atom stereocenters. The van der Waals surface area contributed by atoms with Gasteiger partial charge in [0.05, 0.1) is 23.1 Å². The minimum absolute atomic E-state index is 0.122. The minimum Gasteiger partial charge on any atom is -0.491 e. The summed E-state index contributed by atoms with van der Waals surface area (Å²) in [4.78, 5) is 22.5. The van der Waals surface area contributed by atoms with Crippen LogP contribution in [0.1, 0.15) is 20.8 Å². The number of aliphatic hydroxyl groups excluding tert-OH is 1. The van der Waals surface area contributed by atoms with E-state index in [0.29, 0.717) is 11.6 Å². The van der Waals surface area contributed by atoms with Crippen LogP contribution in [0.5, 0.6) is 5.75 Å². The van der Waals surface area contributed by atoms with Crippen molar-refractivity contribution >= 4 is 43.6 Å². The fraction of sp³-hybridized carbons (Fsp3) is 0.409. The fourth-order valence-electron chi connectivity index (χ4n) is 2.70. The van der Waals surface area contributed by atoms with E-state index < -0.39 is 27.9 Å². The lowest BCUT2D eigenvalue weighted by atomic mass is 10.2. The van der Waals surface area contributed by atoms with E-state index >= 15 is 0 Å². The molecule has 0 aliphatic heterocycles. The highest BCUT2D eigenvalue weighted by molar-refractivity contribution is 7.85. The van der Waals surface area contributed by atoms with E-state index in [4.69, 9.17) is 9.47 Å². The summed E-state index contributed by atoms with van der Waals surface area (Å²) in [5, 5.41) is 10.6. The predicted molar refractivity (Wildman–Crippen MR) is 130 cm³/mol. The van der Waals surface area contributed by atoms with Gasteiger partial charge in [-0.3, -0.25) is 9.08 Å². The molecule has 0 spiro atoms. The molecule has 2 aromatic heterocycles. The first-order valence-corrected chi connectivity index (χ1v) is 12.9. The Balaban J connectivity index is 1.67. The molecule has 0 saturated heterocycles. The van der Waals surface area contributed by atoms with Gasteiger partial charge >= 0.3 is 6.09 Å². The first-order chi connectivity index (χ1) is 15.8. The molecule has 12 heteroatoms. The van der Waals surface area contributed by atoms with Crippen LogP contribution in [0.4, 0.5) is 10.6 Å². The second-order valence-corrected chi connectivity index (χ2v) is 11.2. The molecule has 0 saturated carbocycles. The summed E-state index contributed by atoms with van der Waals surface area (Å²) in [6.07, 6.45) is 0.973. The van der Waals surface area contributed by atoms with Crippen molar-refractivity contribution in [1.82, 2.24) is 9.97 Å². The van der Waals surface area contributed by atoms with Gasteiger partial charge in [0, 0.05) is 18.8 Å². The molecule has 1 atom stereocenters. The topological polar surface area (TPSA) is 128 Å². The number of carbonyl (C=O) groups excluding carboxylic acids is 1. The summed E-state index contributed by atoms with van der Waals surface area (Å²) in [6.45, 7) is 4.90. The number of aromatic nitrogens is 2. The molecule has 184 valence electrons. The van der Waals surface area contributed by atoms with Crippen LogP contribution in [0, 0.1) is 0 Å². The van der Waals surface area contributed by atoms with Gasteiger partial charge in [-0.1, -0.05) is 0 Å². The van der Waals surface area contributed by atoms with Gasteiger partial charge in [-0.25, -0.2) is 14.8 Å².